The molecule has 0 saturated heterocycles. The minimum absolute atomic E-state index is 0. The molecule has 0 fully saturated rings. The lowest BCUT2D eigenvalue weighted by Crippen LogP contribution is -2.18. The maximum Gasteiger partial charge on any atom is 0.191 e. The maximum atomic E-state index is 5.71. The first-order valence-corrected chi connectivity index (χ1v) is 6.53. The summed E-state index contributed by atoms with van der Waals surface area (Å²) in [5.74, 6) is 0.960. The van der Waals surface area contributed by atoms with Gasteiger partial charge in [-0.25, -0.2) is 0 Å². The van der Waals surface area contributed by atoms with Crippen LogP contribution in [0.5, 0.6) is 0 Å². The first-order chi connectivity index (χ1) is 8.29. The summed E-state index contributed by atoms with van der Waals surface area (Å²) in [5, 5.41) is 9.94. The second-order valence-electron chi connectivity index (χ2n) is 4.21. The molecule has 2 aromatic rings. The fourth-order valence-corrected chi connectivity index (χ4v) is 3.07. The molecule has 1 atom stereocenters. The average Bonchev–Trinajstić information content (AvgIpc) is 2.89. The molecule has 18 heavy (non-hydrogen) atoms. The summed E-state index contributed by atoms with van der Waals surface area (Å²) in [6.45, 7) is 3.69. The van der Waals surface area contributed by atoms with E-state index in [9.17, 15) is 0 Å². The Labute approximate surface area is 116 Å². The molecule has 0 radical (unpaired) electrons. The number of thioether (sulfide) groups is 1. The average molecular weight is 283 g/mol. The summed E-state index contributed by atoms with van der Waals surface area (Å²) in [6, 6.07) is 8.26. The van der Waals surface area contributed by atoms with Crippen LogP contribution in [-0.4, -0.2) is 26.6 Å². The molecule has 3 rings (SSSR count). The van der Waals surface area contributed by atoms with Crippen LogP contribution in [0.25, 0.3) is 11.4 Å². The highest BCUT2D eigenvalue weighted by atomic mass is 35.5. The van der Waals surface area contributed by atoms with E-state index in [1.165, 1.54) is 5.56 Å². The third kappa shape index (κ3) is 2.13. The minimum Gasteiger partial charge on any atom is -0.329 e. The van der Waals surface area contributed by atoms with Gasteiger partial charge in [0, 0.05) is 23.9 Å². The number of benzene rings is 1. The fraction of sp³-hybridized carbons (Fsp3) is 0.333. The quantitative estimate of drug-likeness (QED) is 0.917. The summed E-state index contributed by atoms with van der Waals surface area (Å²) >= 11 is 1.72. The Balaban J connectivity index is 0.00000120. The standard InChI is InChI=1S/C12H14N4S.ClH/c1-8-4-2-3-5-10(8)11-14-15-12-16(11)7-9(6-13)17-12;/h2-5,9H,6-7,13H2,1H3;1H. The third-order valence-corrected chi connectivity index (χ3v) is 4.21. The topological polar surface area (TPSA) is 56.7 Å². The number of nitrogens with zero attached hydrogens (tertiary/aromatic N) is 3. The zero-order valence-corrected chi connectivity index (χ0v) is 11.7. The molecule has 0 amide bonds. The Morgan fingerprint density at radius 3 is 2.89 bits per heavy atom. The number of fused-ring (bicyclic) bond motifs is 1. The van der Waals surface area contributed by atoms with E-state index in [4.69, 9.17) is 5.73 Å². The zero-order chi connectivity index (χ0) is 11.8. The number of rotatable bonds is 2. The van der Waals surface area contributed by atoms with Crippen LogP contribution < -0.4 is 5.73 Å². The predicted molar refractivity (Wildman–Crippen MR) is 76.1 cm³/mol. The normalized spacial score (nSPS) is 17.3. The lowest BCUT2D eigenvalue weighted by atomic mass is 10.1. The van der Waals surface area contributed by atoms with Gasteiger partial charge < -0.3 is 10.3 Å². The van der Waals surface area contributed by atoms with Crippen LogP contribution in [0, 0.1) is 6.92 Å². The fourth-order valence-electron chi connectivity index (χ4n) is 2.08. The van der Waals surface area contributed by atoms with Gasteiger partial charge in [0.15, 0.2) is 11.0 Å². The first-order valence-electron chi connectivity index (χ1n) is 5.65. The van der Waals surface area contributed by atoms with Gasteiger partial charge in [-0.05, 0) is 12.5 Å². The van der Waals surface area contributed by atoms with Crippen molar-refractivity contribution in [1.82, 2.24) is 14.8 Å². The van der Waals surface area contributed by atoms with Gasteiger partial charge in [0.1, 0.15) is 0 Å². The molecule has 6 heteroatoms. The highest BCUT2D eigenvalue weighted by Crippen LogP contribution is 2.34. The monoisotopic (exact) mass is 282 g/mol. The van der Waals surface area contributed by atoms with Gasteiger partial charge in [-0.1, -0.05) is 36.0 Å². The summed E-state index contributed by atoms with van der Waals surface area (Å²) in [7, 11) is 0. The molecule has 0 spiro atoms. The van der Waals surface area contributed by atoms with Gasteiger partial charge in [-0.3, -0.25) is 0 Å². The molecule has 0 bridgehead atoms. The summed E-state index contributed by atoms with van der Waals surface area (Å²) in [6.07, 6.45) is 0. The number of hydrogen-bond donors (Lipinski definition) is 1. The molecule has 1 aromatic heterocycles. The van der Waals surface area contributed by atoms with Crippen LogP contribution in [0.2, 0.25) is 0 Å². The first kappa shape index (κ1) is 13.4. The van der Waals surface area contributed by atoms with Crippen LogP contribution in [0.1, 0.15) is 5.56 Å². The van der Waals surface area contributed by atoms with Crippen LogP contribution in [-0.2, 0) is 6.54 Å². The van der Waals surface area contributed by atoms with Crippen molar-refractivity contribution in [1.29, 1.82) is 0 Å². The van der Waals surface area contributed by atoms with Crippen molar-refractivity contribution in [2.24, 2.45) is 5.73 Å². The number of aromatic nitrogens is 3. The number of nitrogens with two attached hydrogens (primary N) is 1. The lowest BCUT2D eigenvalue weighted by molar-refractivity contribution is 0.655. The van der Waals surface area contributed by atoms with Crippen molar-refractivity contribution < 1.29 is 0 Å². The summed E-state index contributed by atoms with van der Waals surface area (Å²) in [4.78, 5) is 0. The second kappa shape index (κ2) is 5.30. The molecule has 2 heterocycles. The third-order valence-electron chi connectivity index (χ3n) is 3.02. The van der Waals surface area contributed by atoms with E-state index in [0.29, 0.717) is 11.8 Å². The lowest BCUT2D eigenvalue weighted by Gasteiger charge is -2.07. The number of hydrogen-bond acceptors (Lipinski definition) is 4. The highest BCUT2D eigenvalue weighted by molar-refractivity contribution is 8.00. The maximum absolute atomic E-state index is 5.71. The van der Waals surface area contributed by atoms with Crippen molar-refractivity contribution >= 4 is 24.2 Å². The van der Waals surface area contributed by atoms with E-state index in [2.05, 4.69) is 33.8 Å². The minimum atomic E-state index is 0. The SMILES string of the molecule is Cc1ccccc1-c1nnc2n1CC(CN)S2.Cl. The summed E-state index contributed by atoms with van der Waals surface area (Å²) in [5.41, 5.74) is 8.09. The molecular weight excluding hydrogens is 268 g/mol. The predicted octanol–water partition coefficient (Wildman–Crippen LogP) is 2.11. The van der Waals surface area contributed by atoms with E-state index in [0.717, 1.165) is 23.1 Å². The largest absolute Gasteiger partial charge is 0.329 e. The Kier molecular flexibility index (Phi) is 3.94. The van der Waals surface area contributed by atoms with Gasteiger partial charge >= 0.3 is 0 Å². The molecule has 0 saturated carbocycles. The molecule has 2 N–H and O–H groups in total. The van der Waals surface area contributed by atoms with Crippen LogP contribution in [0.4, 0.5) is 0 Å². The van der Waals surface area contributed by atoms with E-state index in [1.54, 1.807) is 11.8 Å². The highest BCUT2D eigenvalue weighted by Gasteiger charge is 2.26. The zero-order valence-electron chi connectivity index (χ0n) is 10.0. The Bertz CT molecular complexity index is 555. The Morgan fingerprint density at radius 1 is 1.39 bits per heavy atom. The van der Waals surface area contributed by atoms with Crippen molar-refractivity contribution in [3.63, 3.8) is 0 Å². The van der Waals surface area contributed by atoms with Crippen molar-refractivity contribution in [2.75, 3.05) is 6.54 Å². The van der Waals surface area contributed by atoms with E-state index < -0.39 is 0 Å². The molecule has 1 aliphatic heterocycles. The van der Waals surface area contributed by atoms with E-state index >= 15 is 0 Å². The Morgan fingerprint density at radius 2 is 2.17 bits per heavy atom. The van der Waals surface area contributed by atoms with Gasteiger partial charge in [0.05, 0.1) is 0 Å². The molecular formula is C12H15ClN4S. The second-order valence-corrected chi connectivity index (χ2v) is 5.47. The van der Waals surface area contributed by atoms with E-state index in [-0.39, 0.29) is 12.4 Å². The number of aryl methyl sites for hydroxylation is 1. The molecule has 1 aliphatic rings. The van der Waals surface area contributed by atoms with Crippen LogP contribution in [0.3, 0.4) is 0 Å². The van der Waals surface area contributed by atoms with Crippen LogP contribution >= 0.6 is 24.2 Å². The Hall–Kier alpha value is -1.04. The molecule has 96 valence electrons. The van der Waals surface area contributed by atoms with Gasteiger partial charge in [0.2, 0.25) is 0 Å². The summed E-state index contributed by atoms with van der Waals surface area (Å²) < 4.78 is 2.17. The molecule has 1 unspecified atom stereocenters. The van der Waals surface area contributed by atoms with Gasteiger partial charge in [0.25, 0.3) is 0 Å². The molecule has 0 aliphatic carbocycles. The smallest absolute Gasteiger partial charge is 0.191 e. The van der Waals surface area contributed by atoms with Crippen LogP contribution in [0.15, 0.2) is 29.4 Å². The van der Waals surface area contributed by atoms with Gasteiger partial charge in [-0.2, -0.15) is 0 Å². The number of halogens is 1. The van der Waals surface area contributed by atoms with E-state index in [1.807, 2.05) is 12.1 Å². The van der Waals surface area contributed by atoms with Crippen molar-refractivity contribution in [3.05, 3.63) is 29.8 Å². The van der Waals surface area contributed by atoms with Crippen molar-refractivity contribution in [3.8, 4) is 11.4 Å². The van der Waals surface area contributed by atoms with Crippen molar-refractivity contribution in [2.45, 2.75) is 23.9 Å². The van der Waals surface area contributed by atoms with Gasteiger partial charge in [-0.15, -0.1) is 22.6 Å². The molecule has 4 nitrogen and oxygen atoms in total. The molecule has 1 aromatic carbocycles.